The van der Waals surface area contributed by atoms with Gasteiger partial charge < -0.3 is 14.8 Å². The molecule has 1 atom stereocenters. The van der Waals surface area contributed by atoms with Gasteiger partial charge in [0.2, 0.25) is 0 Å². The van der Waals surface area contributed by atoms with Crippen LogP contribution in [0.4, 0.5) is 0 Å². The zero-order valence-electron chi connectivity index (χ0n) is 13.4. The van der Waals surface area contributed by atoms with Crippen molar-refractivity contribution in [3.63, 3.8) is 0 Å². The molecule has 1 saturated carbocycles. The summed E-state index contributed by atoms with van der Waals surface area (Å²) in [7, 11) is 1.71. The summed E-state index contributed by atoms with van der Waals surface area (Å²) in [4.78, 5) is 0. The Balaban J connectivity index is 1.96. The molecule has 3 heteroatoms. The highest BCUT2D eigenvalue weighted by Crippen LogP contribution is 2.37. The highest BCUT2D eigenvalue weighted by Gasteiger charge is 2.20. The van der Waals surface area contributed by atoms with Crippen molar-refractivity contribution in [2.75, 3.05) is 33.5 Å². The van der Waals surface area contributed by atoms with Crippen LogP contribution >= 0.6 is 0 Å². The van der Waals surface area contributed by atoms with Crippen molar-refractivity contribution in [2.45, 2.75) is 44.6 Å². The number of hydrogen-bond donors (Lipinski definition) is 1. The molecule has 0 radical (unpaired) electrons. The molecular formula is C18H29NO2. The zero-order valence-corrected chi connectivity index (χ0v) is 13.4. The maximum atomic E-state index is 5.74. The second-order valence-corrected chi connectivity index (χ2v) is 5.87. The predicted molar refractivity (Wildman–Crippen MR) is 86.8 cm³/mol. The molecule has 3 nitrogen and oxygen atoms in total. The first-order chi connectivity index (χ1) is 10.3. The number of benzene rings is 1. The van der Waals surface area contributed by atoms with Crippen LogP contribution in [0.15, 0.2) is 24.3 Å². The zero-order chi connectivity index (χ0) is 14.9. The Kier molecular flexibility index (Phi) is 7.20. The van der Waals surface area contributed by atoms with Crippen LogP contribution in [0.5, 0.6) is 0 Å². The molecule has 118 valence electrons. The molecule has 1 aromatic carbocycles. The van der Waals surface area contributed by atoms with Gasteiger partial charge in [-0.1, -0.05) is 37.6 Å². The first-order valence-corrected chi connectivity index (χ1v) is 8.25. The van der Waals surface area contributed by atoms with Crippen molar-refractivity contribution < 1.29 is 9.47 Å². The van der Waals surface area contributed by atoms with Crippen molar-refractivity contribution in [1.82, 2.24) is 5.32 Å². The minimum Gasteiger partial charge on any atom is -0.382 e. The summed E-state index contributed by atoms with van der Waals surface area (Å²) in [5.41, 5.74) is 2.85. The number of methoxy groups -OCH3 is 1. The second-order valence-electron chi connectivity index (χ2n) is 5.87. The van der Waals surface area contributed by atoms with Crippen LogP contribution in [0.2, 0.25) is 0 Å². The van der Waals surface area contributed by atoms with Crippen molar-refractivity contribution in [3.8, 4) is 0 Å². The third kappa shape index (κ3) is 5.10. The summed E-state index contributed by atoms with van der Waals surface area (Å²) in [6, 6.07) is 9.34. The molecule has 1 aliphatic carbocycles. The van der Waals surface area contributed by atoms with Crippen LogP contribution in [-0.4, -0.2) is 33.5 Å². The van der Waals surface area contributed by atoms with Gasteiger partial charge in [-0.2, -0.15) is 0 Å². The Bertz CT molecular complexity index is 404. The van der Waals surface area contributed by atoms with Crippen LogP contribution < -0.4 is 5.32 Å². The quantitative estimate of drug-likeness (QED) is 0.667. The first-order valence-electron chi connectivity index (χ1n) is 8.25. The Labute approximate surface area is 129 Å². The second kappa shape index (κ2) is 9.19. The average molecular weight is 291 g/mol. The Morgan fingerprint density at radius 2 is 2.14 bits per heavy atom. The summed E-state index contributed by atoms with van der Waals surface area (Å²) in [5.74, 6) is 0.784. The molecule has 0 bridgehead atoms. The van der Waals surface area contributed by atoms with Gasteiger partial charge in [-0.15, -0.1) is 0 Å². The molecule has 1 fully saturated rings. The van der Waals surface area contributed by atoms with Crippen LogP contribution in [0.3, 0.4) is 0 Å². The van der Waals surface area contributed by atoms with Gasteiger partial charge in [0.15, 0.2) is 0 Å². The van der Waals surface area contributed by atoms with E-state index in [9.17, 15) is 0 Å². The summed E-state index contributed by atoms with van der Waals surface area (Å²) < 4.78 is 10.8. The van der Waals surface area contributed by atoms with Crippen LogP contribution in [0.1, 0.15) is 55.7 Å². The molecule has 0 saturated heterocycles. The maximum absolute atomic E-state index is 5.74. The molecule has 0 amide bonds. The van der Waals surface area contributed by atoms with Crippen molar-refractivity contribution in [3.05, 3.63) is 35.4 Å². The fourth-order valence-corrected chi connectivity index (χ4v) is 2.71. The van der Waals surface area contributed by atoms with Crippen molar-refractivity contribution >= 4 is 0 Å². The number of nitrogens with one attached hydrogen (secondary N) is 1. The lowest BCUT2D eigenvalue weighted by Gasteiger charge is -2.27. The first kappa shape index (κ1) is 16.5. The molecule has 1 aromatic rings. The predicted octanol–water partition coefficient (Wildman–Crippen LogP) is 3.66. The molecule has 1 unspecified atom stereocenters. The molecule has 0 spiro atoms. The fraction of sp³-hybridized carbons (Fsp3) is 0.667. The third-order valence-electron chi connectivity index (χ3n) is 4.25. The highest BCUT2D eigenvalue weighted by molar-refractivity contribution is 5.29. The van der Waals surface area contributed by atoms with E-state index in [1.807, 2.05) is 0 Å². The van der Waals surface area contributed by atoms with E-state index in [2.05, 4.69) is 36.5 Å². The molecular weight excluding hydrogens is 262 g/mol. The van der Waals surface area contributed by atoms with Gasteiger partial charge >= 0.3 is 0 Å². The van der Waals surface area contributed by atoms with Gasteiger partial charge in [-0.25, -0.2) is 0 Å². The molecule has 0 aromatic heterocycles. The van der Waals surface area contributed by atoms with E-state index >= 15 is 0 Å². The van der Waals surface area contributed by atoms with E-state index in [1.165, 1.54) is 30.4 Å². The molecule has 2 rings (SSSR count). The highest BCUT2D eigenvalue weighted by atomic mass is 16.5. The Morgan fingerprint density at radius 1 is 1.29 bits per heavy atom. The monoisotopic (exact) mass is 291 g/mol. The van der Waals surface area contributed by atoms with Gasteiger partial charge in [0.1, 0.15) is 0 Å². The largest absolute Gasteiger partial charge is 0.382 e. The van der Waals surface area contributed by atoms with Gasteiger partial charge in [-0.3, -0.25) is 0 Å². The van der Waals surface area contributed by atoms with E-state index in [0.29, 0.717) is 19.8 Å². The molecule has 0 heterocycles. The summed E-state index contributed by atoms with van der Waals surface area (Å²) in [5, 5.41) is 3.60. The summed E-state index contributed by atoms with van der Waals surface area (Å²) >= 11 is 0. The number of rotatable bonds is 10. The van der Waals surface area contributed by atoms with E-state index in [-0.39, 0.29) is 6.04 Å². The van der Waals surface area contributed by atoms with Gasteiger partial charge in [-0.05, 0) is 42.9 Å². The van der Waals surface area contributed by atoms with Crippen LogP contribution in [-0.2, 0) is 9.47 Å². The minimum atomic E-state index is 0.279. The maximum Gasteiger partial charge on any atom is 0.0701 e. The normalized spacial score (nSPS) is 16.7. The third-order valence-corrected chi connectivity index (χ3v) is 4.25. The SMILES string of the molecule is CCCNC(COCCOC)c1cccc(C2CCC2)c1. The van der Waals surface area contributed by atoms with Crippen LogP contribution in [0, 0.1) is 0 Å². The lowest BCUT2D eigenvalue weighted by Crippen LogP contribution is -2.27. The number of hydrogen-bond acceptors (Lipinski definition) is 3. The molecule has 1 aliphatic rings. The van der Waals surface area contributed by atoms with Crippen LogP contribution in [0.25, 0.3) is 0 Å². The van der Waals surface area contributed by atoms with Gasteiger partial charge in [0.25, 0.3) is 0 Å². The van der Waals surface area contributed by atoms with E-state index in [1.54, 1.807) is 7.11 Å². The fourth-order valence-electron chi connectivity index (χ4n) is 2.71. The average Bonchev–Trinajstić information content (AvgIpc) is 2.45. The van der Waals surface area contributed by atoms with E-state index < -0.39 is 0 Å². The summed E-state index contributed by atoms with van der Waals surface area (Å²) in [6.07, 6.45) is 5.21. The Morgan fingerprint density at radius 3 is 2.81 bits per heavy atom. The summed E-state index contributed by atoms with van der Waals surface area (Å²) in [6.45, 7) is 5.23. The molecule has 1 N–H and O–H groups in total. The van der Waals surface area contributed by atoms with Gasteiger partial charge in [0.05, 0.1) is 25.9 Å². The lowest BCUT2D eigenvalue weighted by molar-refractivity contribution is 0.0585. The number of ether oxygens (including phenoxy) is 2. The lowest BCUT2D eigenvalue weighted by atomic mass is 9.79. The Hall–Kier alpha value is -0.900. The molecule has 0 aliphatic heterocycles. The van der Waals surface area contributed by atoms with Crippen molar-refractivity contribution in [2.24, 2.45) is 0 Å². The van der Waals surface area contributed by atoms with Gasteiger partial charge in [0, 0.05) is 7.11 Å². The standard InChI is InChI=1S/C18H29NO2/c1-3-10-19-18(14-21-12-11-20-2)17-9-5-8-16(13-17)15-6-4-7-15/h5,8-9,13,15,18-19H,3-4,6-7,10-12,14H2,1-2H3. The topological polar surface area (TPSA) is 30.5 Å². The molecule has 21 heavy (non-hydrogen) atoms. The van der Waals surface area contributed by atoms with E-state index in [0.717, 1.165) is 18.9 Å². The minimum absolute atomic E-state index is 0.279. The van der Waals surface area contributed by atoms with E-state index in [4.69, 9.17) is 9.47 Å². The smallest absolute Gasteiger partial charge is 0.0701 e. The van der Waals surface area contributed by atoms with Crippen molar-refractivity contribution in [1.29, 1.82) is 0 Å².